The zero-order valence-electron chi connectivity index (χ0n) is 14.7. The van der Waals surface area contributed by atoms with Crippen molar-refractivity contribution in [3.05, 3.63) is 35.9 Å². The van der Waals surface area contributed by atoms with Gasteiger partial charge in [0.1, 0.15) is 6.04 Å². The minimum absolute atomic E-state index is 0.208. The van der Waals surface area contributed by atoms with Gasteiger partial charge in [-0.2, -0.15) is 17.4 Å². The fourth-order valence-electron chi connectivity index (χ4n) is 2.37. The van der Waals surface area contributed by atoms with Crippen molar-refractivity contribution in [1.29, 1.82) is 0 Å². The van der Waals surface area contributed by atoms with E-state index < -0.39 is 22.2 Å². The molecule has 1 rings (SSSR count). The van der Waals surface area contributed by atoms with E-state index in [1.807, 2.05) is 44.2 Å². The molecular weight excluding hydrogens is 328 g/mol. The summed E-state index contributed by atoms with van der Waals surface area (Å²) in [6.07, 6.45) is 1.68. The molecular formula is C17H28N2O4S. The average Bonchev–Trinajstić information content (AvgIpc) is 2.55. The van der Waals surface area contributed by atoms with Gasteiger partial charge in [0, 0.05) is 13.1 Å². The molecule has 1 aromatic rings. The summed E-state index contributed by atoms with van der Waals surface area (Å²) in [5.41, 5.74) is 0.871. The first-order chi connectivity index (χ1) is 11.4. The van der Waals surface area contributed by atoms with Gasteiger partial charge in [0.25, 0.3) is 10.2 Å². The van der Waals surface area contributed by atoms with E-state index in [-0.39, 0.29) is 13.0 Å². The van der Waals surface area contributed by atoms with Gasteiger partial charge >= 0.3 is 5.97 Å². The highest BCUT2D eigenvalue weighted by Gasteiger charge is 2.29. The molecule has 0 radical (unpaired) electrons. The lowest BCUT2D eigenvalue weighted by Crippen LogP contribution is -2.50. The van der Waals surface area contributed by atoms with E-state index in [1.165, 1.54) is 4.31 Å². The molecule has 7 heteroatoms. The topological polar surface area (TPSA) is 75.7 Å². The van der Waals surface area contributed by atoms with Crippen LogP contribution in [0, 0.1) is 0 Å². The van der Waals surface area contributed by atoms with Crippen LogP contribution in [0.2, 0.25) is 0 Å². The molecule has 0 bridgehead atoms. The number of esters is 1. The second-order valence-corrected chi connectivity index (χ2v) is 7.22. The van der Waals surface area contributed by atoms with Crippen LogP contribution in [0.25, 0.3) is 0 Å². The van der Waals surface area contributed by atoms with Gasteiger partial charge in [-0.05, 0) is 31.7 Å². The molecule has 0 aliphatic heterocycles. The van der Waals surface area contributed by atoms with Crippen LogP contribution in [-0.2, 0) is 26.2 Å². The maximum atomic E-state index is 12.6. The third kappa shape index (κ3) is 6.59. The summed E-state index contributed by atoms with van der Waals surface area (Å²) in [6, 6.07) is 8.36. The zero-order valence-corrected chi connectivity index (χ0v) is 15.5. The Kier molecular flexibility index (Phi) is 8.95. The summed E-state index contributed by atoms with van der Waals surface area (Å²) in [7, 11) is -3.75. The van der Waals surface area contributed by atoms with Crippen LogP contribution in [0.5, 0.6) is 0 Å². The van der Waals surface area contributed by atoms with Crippen molar-refractivity contribution in [3.8, 4) is 0 Å². The fourth-order valence-corrected chi connectivity index (χ4v) is 3.91. The van der Waals surface area contributed by atoms with Gasteiger partial charge in [0.05, 0.1) is 6.61 Å². The van der Waals surface area contributed by atoms with Crippen molar-refractivity contribution in [2.75, 3.05) is 19.7 Å². The molecule has 1 atom stereocenters. The first-order valence-corrected chi connectivity index (χ1v) is 9.86. The fraction of sp³-hybridized carbons (Fsp3) is 0.588. The van der Waals surface area contributed by atoms with Crippen molar-refractivity contribution in [2.24, 2.45) is 0 Å². The Hall–Kier alpha value is -1.44. The molecule has 0 aromatic heterocycles. The predicted molar refractivity (Wildman–Crippen MR) is 94.8 cm³/mol. The normalized spacial score (nSPS) is 13.0. The van der Waals surface area contributed by atoms with E-state index in [9.17, 15) is 13.2 Å². The minimum Gasteiger partial charge on any atom is -0.465 e. The van der Waals surface area contributed by atoms with Gasteiger partial charge in [0.2, 0.25) is 0 Å². The van der Waals surface area contributed by atoms with Gasteiger partial charge in [-0.25, -0.2) is 0 Å². The van der Waals surface area contributed by atoms with Crippen molar-refractivity contribution in [1.82, 2.24) is 9.03 Å². The highest BCUT2D eigenvalue weighted by atomic mass is 32.2. The Bertz CT molecular complexity index is 584. The van der Waals surface area contributed by atoms with Crippen LogP contribution < -0.4 is 4.72 Å². The maximum absolute atomic E-state index is 12.6. The van der Waals surface area contributed by atoms with Crippen LogP contribution in [0.1, 0.15) is 39.2 Å². The lowest BCUT2D eigenvalue weighted by molar-refractivity contribution is -0.145. The summed E-state index contributed by atoms with van der Waals surface area (Å²) in [6.45, 7) is 6.59. The zero-order chi connectivity index (χ0) is 18.0. The summed E-state index contributed by atoms with van der Waals surface area (Å²) in [4.78, 5) is 12.2. The molecule has 0 spiro atoms. The van der Waals surface area contributed by atoms with Gasteiger partial charge in [-0.15, -0.1) is 0 Å². The largest absolute Gasteiger partial charge is 0.465 e. The second-order valence-electron chi connectivity index (χ2n) is 5.52. The molecule has 1 N–H and O–H groups in total. The molecule has 0 saturated carbocycles. The summed E-state index contributed by atoms with van der Waals surface area (Å²) < 4.78 is 34.2. The van der Waals surface area contributed by atoms with E-state index >= 15 is 0 Å². The predicted octanol–water partition coefficient (Wildman–Crippen LogP) is 2.12. The van der Waals surface area contributed by atoms with E-state index in [1.54, 1.807) is 6.92 Å². The second kappa shape index (κ2) is 10.4. The lowest BCUT2D eigenvalue weighted by Gasteiger charge is -2.24. The van der Waals surface area contributed by atoms with Crippen molar-refractivity contribution in [2.45, 2.75) is 46.1 Å². The number of carbonyl (C=O) groups is 1. The molecule has 1 unspecified atom stereocenters. The standard InChI is InChI=1S/C17H28N2O4S/c1-4-12-19(13-5-2)24(21,22)18-16(17(20)23-6-3)14-15-10-8-7-9-11-15/h7-11,16,18H,4-6,12-14H2,1-3H3. The van der Waals surface area contributed by atoms with E-state index in [2.05, 4.69) is 4.72 Å². The Morgan fingerprint density at radius 2 is 1.71 bits per heavy atom. The molecule has 0 heterocycles. The molecule has 24 heavy (non-hydrogen) atoms. The number of hydrogen-bond acceptors (Lipinski definition) is 4. The molecule has 0 saturated heterocycles. The van der Waals surface area contributed by atoms with Crippen LogP contribution >= 0.6 is 0 Å². The minimum atomic E-state index is -3.75. The third-order valence-corrected chi connectivity index (χ3v) is 5.06. The van der Waals surface area contributed by atoms with Gasteiger partial charge in [-0.1, -0.05) is 44.2 Å². The Balaban J connectivity index is 2.95. The quantitative estimate of drug-likeness (QED) is 0.616. The molecule has 0 aliphatic carbocycles. The van der Waals surface area contributed by atoms with Crippen LogP contribution in [0.3, 0.4) is 0 Å². The summed E-state index contributed by atoms with van der Waals surface area (Å²) >= 11 is 0. The smallest absolute Gasteiger partial charge is 0.324 e. The molecule has 6 nitrogen and oxygen atoms in total. The monoisotopic (exact) mass is 356 g/mol. The Morgan fingerprint density at radius 1 is 1.12 bits per heavy atom. The number of benzene rings is 1. The van der Waals surface area contributed by atoms with Crippen molar-refractivity contribution >= 4 is 16.2 Å². The number of nitrogens with one attached hydrogen (secondary N) is 1. The number of rotatable bonds is 11. The Labute approximate surface area is 145 Å². The number of carbonyl (C=O) groups excluding carboxylic acids is 1. The average molecular weight is 356 g/mol. The molecule has 136 valence electrons. The van der Waals surface area contributed by atoms with Gasteiger partial charge in [-0.3, -0.25) is 4.79 Å². The number of nitrogens with zero attached hydrogens (tertiary/aromatic N) is 1. The first-order valence-electron chi connectivity index (χ1n) is 8.42. The SMILES string of the molecule is CCCN(CCC)S(=O)(=O)NC(Cc1ccccc1)C(=O)OCC. The molecule has 0 amide bonds. The van der Waals surface area contributed by atoms with E-state index in [0.29, 0.717) is 25.9 Å². The maximum Gasteiger partial charge on any atom is 0.324 e. The highest BCUT2D eigenvalue weighted by Crippen LogP contribution is 2.09. The van der Waals surface area contributed by atoms with E-state index in [4.69, 9.17) is 4.74 Å². The van der Waals surface area contributed by atoms with Gasteiger partial charge in [0.15, 0.2) is 0 Å². The first kappa shape index (κ1) is 20.6. The van der Waals surface area contributed by atoms with Crippen LogP contribution in [0.15, 0.2) is 30.3 Å². The van der Waals surface area contributed by atoms with E-state index in [0.717, 1.165) is 5.56 Å². The molecule has 0 fully saturated rings. The highest BCUT2D eigenvalue weighted by molar-refractivity contribution is 7.87. The summed E-state index contributed by atoms with van der Waals surface area (Å²) in [5, 5.41) is 0. The summed E-state index contributed by atoms with van der Waals surface area (Å²) in [5.74, 6) is -0.558. The molecule has 0 aliphatic rings. The number of hydrogen-bond donors (Lipinski definition) is 1. The van der Waals surface area contributed by atoms with Crippen LogP contribution in [-0.4, -0.2) is 44.4 Å². The number of ether oxygens (including phenoxy) is 1. The Morgan fingerprint density at radius 3 is 2.21 bits per heavy atom. The van der Waals surface area contributed by atoms with Crippen LogP contribution in [0.4, 0.5) is 0 Å². The van der Waals surface area contributed by atoms with Crippen molar-refractivity contribution < 1.29 is 17.9 Å². The van der Waals surface area contributed by atoms with Crippen molar-refractivity contribution in [3.63, 3.8) is 0 Å². The lowest BCUT2D eigenvalue weighted by atomic mass is 10.1. The van der Waals surface area contributed by atoms with Gasteiger partial charge < -0.3 is 4.74 Å². The third-order valence-electron chi connectivity index (χ3n) is 3.43. The molecule has 1 aromatic carbocycles.